The van der Waals surface area contributed by atoms with Gasteiger partial charge >= 0.3 is 0 Å². The quantitative estimate of drug-likeness (QED) is 0.802. The molecule has 0 fully saturated rings. The Balaban J connectivity index is 3.01. The molecule has 0 radical (unpaired) electrons. The van der Waals surface area contributed by atoms with Gasteiger partial charge in [-0.2, -0.15) is 0 Å². The summed E-state index contributed by atoms with van der Waals surface area (Å²) in [7, 11) is 2.28. The maximum Gasteiger partial charge on any atom is 0.261 e. The van der Waals surface area contributed by atoms with Crippen molar-refractivity contribution in [1.82, 2.24) is 5.32 Å². The van der Waals surface area contributed by atoms with Gasteiger partial charge in [0.15, 0.2) is 11.6 Å². The summed E-state index contributed by atoms with van der Waals surface area (Å²) in [4.78, 5) is 11.1. The molecule has 9 heteroatoms. The van der Waals surface area contributed by atoms with Crippen molar-refractivity contribution in [3.8, 4) is 0 Å². The van der Waals surface area contributed by atoms with Crippen molar-refractivity contribution in [1.29, 1.82) is 0 Å². The summed E-state index contributed by atoms with van der Waals surface area (Å²) in [6, 6.07) is 1.11. The van der Waals surface area contributed by atoms with E-state index in [1.165, 1.54) is 7.11 Å². The van der Waals surface area contributed by atoms with Gasteiger partial charge in [-0.15, -0.1) is 0 Å². The van der Waals surface area contributed by atoms with Gasteiger partial charge in [0, 0.05) is 24.3 Å². The largest absolute Gasteiger partial charge is 0.384 e. The van der Waals surface area contributed by atoms with E-state index < -0.39 is 37.1 Å². The Labute approximate surface area is 125 Å². The molecule has 1 atom stereocenters. The topological polar surface area (TPSA) is 72.5 Å². The van der Waals surface area contributed by atoms with Crippen molar-refractivity contribution in [2.24, 2.45) is 5.92 Å². The Morgan fingerprint density at radius 1 is 1.43 bits per heavy atom. The number of ether oxygens (including phenoxy) is 1. The maximum absolute atomic E-state index is 13.6. The standard InChI is InChI=1S/C12H14ClF2NO4S/c1-7(6-20-2)5-16-12(17)9-3-8(21(13,18)19)4-10(14)11(9)15/h3-4,7H,5-6H2,1-2H3,(H,16,17). The second-order valence-electron chi connectivity index (χ2n) is 4.48. The van der Waals surface area contributed by atoms with Crippen LogP contribution in [0, 0.1) is 17.6 Å². The molecule has 0 aliphatic heterocycles. The van der Waals surface area contributed by atoms with E-state index >= 15 is 0 Å². The number of benzene rings is 1. The van der Waals surface area contributed by atoms with E-state index in [0.29, 0.717) is 18.7 Å². The van der Waals surface area contributed by atoms with Gasteiger partial charge in [0.2, 0.25) is 0 Å². The highest BCUT2D eigenvalue weighted by molar-refractivity contribution is 8.13. The normalized spacial score (nSPS) is 13.0. The third-order valence-corrected chi connectivity index (χ3v) is 3.92. The van der Waals surface area contributed by atoms with Gasteiger partial charge in [0.25, 0.3) is 15.0 Å². The molecule has 0 heterocycles. The van der Waals surface area contributed by atoms with Gasteiger partial charge < -0.3 is 10.1 Å². The first-order valence-electron chi connectivity index (χ1n) is 5.87. The number of hydrogen-bond acceptors (Lipinski definition) is 4. The third-order valence-electron chi connectivity index (χ3n) is 2.59. The molecule has 0 bridgehead atoms. The van der Waals surface area contributed by atoms with Crippen LogP contribution in [0.4, 0.5) is 8.78 Å². The van der Waals surface area contributed by atoms with Crippen molar-refractivity contribution in [3.05, 3.63) is 29.3 Å². The van der Waals surface area contributed by atoms with Gasteiger partial charge in [-0.3, -0.25) is 4.79 Å². The molecular weight excluding hydrogens is 328 g/mol. The molecule has 5 nitrogen and oxygen atoms in total. The number of halogens is 3. The van der Waals surface area contributed by atoms with Gasteiger partial charge in [-0.1, -0.05) is 6.92 Å². The van der Waals surface area contributed by atoms with Crippen LogP contribution in [0.3, 0.4) is 0 Å². The van der Waals surface area contributed by atoms with E-state index in [0.717, 1.165) is 0 Å². The Morgan fingerprint density at radius 2 is 2.05 bits per heavy atom. The maximum atomic E-state index is 13.6. The molecule has 1 aromatic rings. The second-order valence-corrected chi connectivity index (χ2v) is 7.04. The predicted octanol–water partition coefficient (Wildman–Crippen LogP) is 1.90. The van der Waals surface area contributed by atoms with Crippen LogP contribution in [0.5, 0.6) is 0 Å². The van der Waals surface area contributed by atoms with E-state index in [1.54, 1.807) is 6.92 Å². The van der Waals surface area contributed by atoms with Crippen molar-refractivity contribution in [3.63, 3.8) is 0 Å². The first-order valence-corrected chi connectivity index (χ1v) is 8.18. The summed E-state index contributed by atoms with van der Waals surface area (Å²) >= 11 is 0. The number of rotatable bonds is 6. The van der Waals surface area contributed by atoms with Crippen molar-refractivity contribution < 1.29 is 26.7 Å². The van der Waals surface area contributed by atoms with Crippen LogP contribution >= 0.6 is 10.7 Å². The van der Waals surface area contributed by atoms with Crippen molar-refractivity contribution in [2.45, 2.75) is 11.8 Å². The summed E-state index contributed by atoms with van der Waals surface area (Å²) in [6.45, 7) is 2.30. The first kappa shape index (κ1) is 17.8. The van der Waals surface area contributed by atoms with E-state index in [4.69, 9.17) is 15.4 Å². The highest BCUT2D eigenvalue weighted by atomic mass is 35.7. The fraction of sp³-hybridized carbons (Fsp3) is 0.417. The molecule has 1 aromatic carbocycles. The summed E-state index contributed by atoms with van der Waals surface area (Å²) in [5.41, 5.74) is -0.723. The molecule has 1 unspecified atom stereocenters. The van der Waals surface area contributed by atoms with Crippen LogP contribution < -0.4 is 5.32 Å². The highest BCUT2D eigenvalue weighted by Gasteiger charge is 2.22. The van der Waals surface area contributed by atoms with Crippen molar-refractivity contribution in [2.75, 3.05) is 20.3 Å². The number of methoxy groups -OCH3 is 1. The van der Waals surface area contributed by atoms with E-state index in [2.05, 4.69) is 5.32 Å². The molecule has 0 aromatic heterocycles. The van der Waals surface area contributed by atoms with Crippen LogP contribution in [-0.4, -0.2) is 34.6 Å². The van der Waals surface area contributed by atoms with Gasteiger partial charge in [0.1, 0.15) is 0 Å². The lowest BCUT2D eigenvalue weighted by Gasteiger charge is -2.12. The molecular formula is C12H14ClF2NO4S. The molecule has 0 saturated heterocycles. The number of hydrogen-bond donors (Lipinski definition) is 1. The molecule has 1 N–H and O–H groups in total. The summed E-state index contributed by atoms with van der Waals surface area (Å²) in [6.07, 6.45) is 0. The van der Waals surface area contributed by atoms with Gasteiger partial charge in [-0.25, -0.2) is 17.2 Å². The Bertz CT molecular complexity index is 636. The fourth-order valence-electron chi connectivity index (χ4n) is 1.58. The van der Waals surface area contributed by atoms with E-state index in [-0.39, 0.29) is 12.5 Å². The average molecular weight is 342 g/mol. The molecule has 0 spiro atoms. The molecule has 1 rings (SSSR count). The Hall–Kier alpha value is -1.25. The number of carbonyl (C=O) groups excluding carboxylic acids is 1. The van der Waals surface area contributed by atoms with Crippen LogP contribution in [0.15, 0.2) is 17.0 Å². The zero-order valence-corrected chi connectivity index (χ0v) is 12.9. The Kier molecular flexibility index (Phi) is 6.06. The number of carbonyl (C=O) groups is 1. The van der Waals surface area contributed by atoms with Crippen LogP contribution in [0.2, 0.25) is 0 Å². The molecule has 0 aliphatic rings. The number of amides is 1. The van der Waals surface area contributed by atoms with Crippen LogP contribution in [0.25, 0.3) is 0 Å². The zero-order valence-electron chi connectivity index (χ0n) is 11.3. The zero-order chi connectivity index (χ0) is 16.2. The second kappa shape index (κ2) is 7.15. The molecule has 118 valence electrons. The predicted molar refractivity (Wildman–Crippen MR) is 72.8 cm³/mol. The van der Waals surface area contributed by atoms with E-state index in [1.807, 2.05) is 0 Å². The fourth-order valence-corrected chi connectivity index (χ4v) is 2.35. The molecule has 1 amide bonds. The first-order chi connectivity index (χ1) is 9.66. The third kappa shape index (κ3) is 4.90. The monoisotopic (exact) mass is 341 g/mol. The molecule has 21 heavy (non-hydrogen) atoms. The smallest absolute Gasteiger partial charge is 0.261 e. The lowest BCUT2D eigenvalue weighted by molar-refractivity contribution is 0.0928. The minimum absolute atomic E-state index is 0.0493. The molecule has 0 aliphatic carbocycles. The summed E-state index contributed by atoms with van der Waals surface area (Å²) < 4.78 is 54.1. The molecule has 0 saturated carbocycles. The SMILES string of the molecule is COCC(C)CNC(=O)c1cc(S(=O)(=O)Cl)cc(F)c1F. The highest BCUT2D eigenvalue weighted by Crippen LogP contribution is 2.21. The minimum Gasteiger partial charge on any atom is -0.384 e. The lowest BCUT2D eigenvalue weighted by atomic mass is 10.1. The van der Waals surface area contributed by atoms with Gasteiger partial charge in [0.05, 0.1) is 17.1 Å². The van der Waals surface area contributed by atoms with E-state index in [9.17, 15) is 22.0 Å². The minimum atomic E-state index is -4.27. The number of nitrogens with one attached hydrogen (secondary N) is 1. The Morgan fingerprint density at radius 3 is 2.57 bits per heavy atom. The van der Waals surface area contributed by atoms with Crippen LogP contribution in [-0.2, 0) is 13.8 Å². The van der Waals surface area contributed by atoms with Crippen LogP contribution in [0.1, 0.15) is 17.3 Å². The lowest BCUT2D eigenvalue weighted by Crippen LogP contribution is -2.30. The summed E-state index contributed by atoms with van der Waals surface area (Å²) in [5, 5.41) is 2.37. The summed E-state index contributed by atoms with van der Waals surface area (Å²) in [5.74, 6) is -3.88. The average Bonchev–Trinajstić information content (AvgIpc) is 2.38. The van der Waals surface area contributed by atoms with Crippen molar-refractivity contribution >= 4 is 25.6 Å². The van der Waals surface area contributed by atoms with Gasteiger partial charge in [-0.05, 0) is 18.1 Å².